The topological polar surface area (TPSA) is 9.23 Å². The third kappa shape index (κ3) is 3.20. The first-order chi connectivity index (χ1) is 8.61. The van der Waals surface area contributed by atoms with Gasteiger partial charge in [-0.3, -0.25) is 0 Å². The largest absolute Gasteiger partial charge is 0.373 e. The average Bonchev–Trinajstić information content (AvgIpc) is 2.37. The molecule has 0 aromatic heterocycles. The van der Waals surface area contributed by atoms with Gasteiger partial charge in [-0.1, -0.05) is 13.3 Å². The number of rotatable bonds is 3. The molecular formula is C14H17F2IO. The summed E-state index contributed by atoms with van der Waals surface area (Å²) in [4.78, 5) is 0. The lowest BCUT2D eigenvalue weighted by Crippen LogP contribution is -2.20. The fraction of sp³-hybridized carbons (Fsp3) is 0.571. The lowest BCUT2D eigenvalue weighted by Gasteiger charge is -2.29. The van der Waals surface area contributed by atoms with E-state index in [1.165, 1.54) is 18.6 Å². The van der Waals surface area contributed by atoms with Crippen LogP contribution >= 0.6 is 22.6 Å². The van der Waals surface area contributed by atoms with Gasteiger partial charge in [0.15, 0.2) is 0 Å². The van der Waals surface area contributed by atoms with E-state index in [1.807, 2.05) is 0 Å². The smallest absolute Gasteiger partial charge is 0.139 e. The summed E-state index contributed by atoms with van der Waals surface area (Å²) in [5, 5.41) is 0. The Kier molecular flexibility index (Phi) is 4.95. The van der Waals surface area contributed by atoms with E-state index in [-0.39, 0.29) is 9.67 Å². The molecule has 1 fully saturated rings. The molecule has 0 radical (unpaired) electrons. The maximum atomic E-state index is 13.5. The highest BCUT2D eigenvalue weighted by Gasteiger charge is 2.24. The second-order valence-corrected chi connectivity index (χ2v) is 5.93. The lowest BCUT2D eigenvalue weighted by atomic mass is 9.92. The fourth-order valence-corrected chi connectivity index (χ4v) is 2.78. The molecule has 4 heteroatoms. The molecule has 1 saturated heterocycles. The van der Waals surface area contributed by atoms with E-state index in [9.17, 15) is 8.78 Å². The van der Waals surface area contributed by atoms with Crippen molar-refractivity contribution in [3.8, 4) is 0 Å². The Morgan fingerprint density at radius 1 is 1.28 bits per heavy atom. The zero-order valence-corrected chi connectivity index (χ0v) is 12.5. The normalized spacial score (nSPS) is 24.2. The van der Waals surface area contributed by atoms with E-state index in [1.54, 1.807) is 22.6 Å². The molecule has 1 aliphatic heterocycles. The minimum Gasteiger partial charge on any atom is -0.373 e. The number of hydrogen-bond acceptors (Lipinski definition) is 1. The molecule has 0 bridgehead atoms. The third-order valence-corrected chi connectivity index (χ3v) is 4.48. The summed E-state index contributed by atoms with van der Waals surface area (Å²) in [6.45, 7) is 2.86. The first-order valence-corrected chi connectivity index (χ1v) is 7.45. The van der Waals surface area contributed by atoms with Crippen molar-refractivity contribution in [3.63, 3.8) is 0 Å². The maximum Gasteiger partial charge on any atom is 0.139 e. The fourth-order valence-electron chi connectivity index (χ4n) is 2.47. The zero-order valence-electron chi connectivity index (χ0n) is 10.4. The molecule has 0 spiro atoms. The van der Waals surface area contributed by atoms with Crippen LogP contribution in [0.5, 0.6) is 0 Å². The molecule has 1 aliphatic rings. The van der Waals surface area contributed by atoms with Crippen LogP contribution in [0.25, 0.3) is 0 Å². The summed E-state index contributed by atoms with van der Waals surface area (Å²) in [7, 11) is 0. The Labute approximate surface area is 120 Å². The Balaban J connectivity index is 2.05. The van der Waals surface area contributed by atoms with Gasteiger partial charge in [-0.05, 0) is 65.5 Å². The van der Waals surface area contributed by atoms with Crippen LogP contribution < -0.4 is 0 Å². The minimum atomic E-state index is -0.495. The monoisotopic (exact) mass is 366 g/mol. The second kappa shape index (κ2) is 6.28. The van der Waals surface area contributed by atoms with Crippen LogP contribution in [-0.2, 0) is 4.74 Å². The molecule has 0 amide bonds. The van der Waals surface area contributed by atoms with Crippen LogP contribution in [0.15, 0.2) is 12.1 Å². The molecule has 1 aromatic carbocycles. The van der Waals surface area contributed by atoms with E-state index in [0.29, 0.717) is 18.1 Å². The van der Waals surface area contributed by atoms with Crippen LogP contribution in [0.4, 0.5) is 8.78 Å². The summed E-state index contributed by atoms with van der Waals surface area (Å²) in [6.07, 6.45) is 4.10. The molecule has 0 N–H and O–H groups in total. The first kappa shape index (κ1) is 14.2. The number of ether oxygens (including phenoxy) is 1. The van der Waals surface area contributed by atoms with Crippen molar-refractivity contribution in [2.75, 3.05) is 6.61 Å². The zero-order chi connectivity index (χ0) is 13.1. The van der Waals surface area contributed by atoms with Gasteiger partial charge in [0.2, 0.25) is 0 Å². The van der Waals surface area contributed by atoms with E-state index in [4.69, 9.17) is 4.74 Å². The van der Waals surface area contributed by atoms with Gasteiger partial charge in [0.25, 0.3) is 0 Å². The highest BCUT2D eigenvalue weighted by Crippen LogP contribution is 2.33. The molecule has 2 rings (SSSR count). The van der Waals surface area contributed by atoms with E-state index in [2.05, 4.69) is 6.92 Å². The Morgan fingerprint density at radius 3 is 2.44 bits per heavy atom. The third-order valence-electron chi connectivity index (χ3n) is 3.45. The van der Waals surface area contributed by atoms with Crippen LogP contribution in [-0.4, -0.2) is 6.61 Å². The average molecular weight is 366 g/mol. The Bertz CT molecular complexity index is 391. The van der Waals surface area contributed by atoms with Crippen LogP contribution in [0.3, 0.4) is 0 Å². The summed E-state index contributed by atoms with van der Waals surface area (Å²) < 4.78 is 32.8. The van der Waals surface area contributed by atoms with Crippen molar-refractivity contribution in [1.82, 2.24) is 0 Å². The number of halogens is 3. The van der Waals surface area contributed by atoms with Crippen molar-refractivity contribution in [3.05, 3.63) is 32.9 Å². The molecule has 0 aliphatic carbocycles. The molecule has 1 nitrogen and oxygen atoms in total. The van der Waals surface area contributed by atoms with Crippen molar-refractivity contribution in [1.29, 1.82) is 0 Å². The lowest BCUT2D eigenvalue weighted by molar-refractivity contribution is -0.0197. The predicted molar refractivity (Wildman–Crippen MR) is 75.4 cm³/mol. The van der Waals surface area contributed by atoms with E-state index in [0.717, 1.165) is 19.3 Å². The van der Waals surface area contributed by atoms with Crippen molar-refractivity contribution in [2.45, 2.75) is 38.7 Å². The molecule has 1 aromatic rings. The quantitative estimate of drug-likeness (QED) is 0.550. The molecule has 0 saturated carbocycles. The summed E-state index contributed by atoms with van der Waals surface area (Å²) in [6, 6.07) is 2.80. The molecule has 2 unspecified atom stereocenters. The summed E-state index contributed by atoms with van der Waals surface area (Å²) in [5.41, 5.74) is 0.625. The predicted octanol–water partition coefficient (Wildman–Crippen LogP) is 4.84. The number of hydrogen-bond donors (Lipinski definition) is 0. The van der Waals surface area contributed by atoms with Gasteiger partial charge in [-0.2, -0.15) is 0 Å². The highest BCUT2D eigenvalue weighted by molar-refractivity contribution is 14.1. The number of benzene rings is 1. The van der Waals surface area contributed by atoms with E-state index >= 15 is 0 Å². The SMILES string of the molecule is CCCC1CCC(c2cc(F)c(I)c(F)c2)OC1. The Morgan fingerprint density at radius 2 is 1.94 bits per heavy atom. The highest BCUT2D eigenvalue weighted by atomic mass is 127. The standard InChI is InChI=1S/C14H17F2IO/c1-2-3-9-4-5-13(18-8-9)10-6-11(15)14(17)12(16)7-10/h6-7,9,13H,2-5,8H2,1H3. The van der Waals surface area contributed by atoms with Crippen molar-refractivity contribution >= 4 is 22.6 Å². The maximum absolute atomic E-state index is 13.5. The summed E-state index contributed by atoms with van der Waals surface area (Å²) in [5.74, 6) is -0.389. The second-order valence-electron chi connectivity index (χ2n) is 4.85. The molecule has 1 heterocycles. The van der Waals surface area contributed by atoms with Crippen LogP contribution in [0.2, 0.25) is 0 Å². The molecule has 18 heavy (non-hydrogen) atoms. The van der Waals surface area contributed by atoms with Crippen LogP contribution in [0, 0.1) is 21.1 Å². The molecule has 100 valence electrons. The van der Waals surface area contributed by atoms with Gasteiger partial charge < -0.3 is 4.74 Å². The molecular weight excluding hydrogens is 349 g/mol. The van der Waals surface area contributed by atoms with Gasteiger partial charge in [0.1, 0.15) is 11.6 Å². The first-order valence-electron chi connectivity index (χ1n) is 6.37. The van der Waals surface area contributed by atoms with Gasteiger partial charge in [0.05, 0.1) is 16.3 Å². The minimum absolute atomic E-state index is 0.0519. The van der Waals surface area contributed by atoms with E-state index < -0.39 is 11.6 Å². The van der Waals surface area contributed by atoms with Gasteiger partial charge in [0, 0.05) is 0 Å². The van der Waals surface area contributed by atoms with Crippen LogP contribution in [0.1, 0.15) is 44.3 Å². The van der Waals surface area contributed by atoms with Crippen molar-refractivity contribution < 1.29 is 13.5 Å². The van der Waals surface area contributed by atoms with Gasteiger partial charge in [-0.25, -0.2) is 8.78 Å². The van der Waals surface area contributed by atoms with Crippen molar-refractivity contribution in [2.24, 2.45) is 5.92 Å². The molecule has 2 atom stereocenters. The summed E-state index contributed by atoms with van der Waals surface area (Å²) >= 11 is 1.68. The van der Waals surface area contributed by atoms with Gasteiger partial charge >= 0.3 is 0 Å². The Hall–Kier alpha value is -0.230. The van der Waals surface area contributed by atoms with Gasteiger partial charge in [-0.15, -0.1) is 0 Å².